The molecule has 0 saturated carbocycles. The number of anilines is 1. The highest BCUT2D eigenvalue weighted by Crippen LogP contribution is 2.21. The zero-order valence-electron chi connectivity index (χ0n) is 13.0. The van der Waals surface area contributed by atoms with Crippen LogP contribution in [0.3, 0.4) is 0 Å². The van der Waals surface area contributed by atoms with E-state index >= 15 is 0 Å². The van der Waals surface area contributed by atoms with E-state index in [2.05, 4.69) is 48.1 Å². The van der Waals surface area contributed by atoms with Crippen LogP contribution in [0.1, 0.15) is 11.7 Å². The summed E-state index contributed by atoms with van der Waals surface area (Å²) in [6, 6.07) is 6.35. The van der Waals surface area contributed by atoms with Crippen molar-refractivity contribution in [1.29, 1.82) is 0 Å². The number of benzene rings is 1. The Morgan fingerprint density at radius 3 is 2.83 bits per heavy atom. The number of fused-ring (bicyclic) bond motifs is 1. The Labute approximate surface area is 133 Å². The van der Waals surface area contributed by atoms with Crippen LogP contribution in [0.5, 0.6) is 0 Å². The average Bonchev–Trinajstić information content (AvgIpc) is 3.00. The van der Waals surface area contributed by atoms with Crippen LogP contribution in [0.4, 0.5) is 5.69 Å². The quantitative estimate of drug-likeness (QED) is 0.728. The van der Waals surface area contributed by atoms with Gasteiger partial charge in [-0.2, -0.15) is 4.98 Å². The second-order valence-electron chi connectivity index (χ2n) is 5.76. The molecule has 0 N–H and O–H groups in total. The maximum absolute atomic E-state index is 5.20. The fourth-order valence-corrected chi connectivity index (χ4v) is 2.93. The smallest absolute Gasteiger partial charge is 0.240 e. The standard InChI is InChI=1S/C16H18N6O/c1-12-19-16(23-20-12)10-21-4-6-22(7-5-21)14-2-3-15-13(8-14)9-17-11-18-15/h2-3,8-9,11H,4-7,10H2,1H3. The van der Waals surface area contributed by atoms with Crippen molar-refractivity contribution >= 4 is 16.6 Å². The van der Waals surface area contributed by atoms with E-state index in [0.29, 0.717) is 11.7 Å². The minimum absolute atomic E-state index is 0.692. The first-order valence-electron chi connectivity index (χ1n) is 7.74. The second kappa shape index (κ2) is 5.92. The Morgan fingerprint density at radius 2 is 2.04 bits per heavy atom. The number of rotatable bonds is 3. The molecule has 7 nitrogen and oxygen atoms in total. The third-order valence-electron chi connectivity index (χ3n) is 4.15. The molecule has 0 bridgehead atoms. The van der Waals surface area contributed by atoms with Crippen LogP contribution >= 0.6 is 0 Å². The fraction of sp³-hybridized carbons (Fsp3) is 0.375. The minimum atomic E-state index is 0.692. The molecule has 1 aliphatic heterocycles. The number of piperazine rings is 1. The first-order chi connectivity index (χ1) is 11.3. The molecule has 1 aliphatic rings. The molecule has 1 aromatic carbocycles. The van der Waals surface area contributed by atoms with Crippen LogP contribution in [0, 0.1) is 6.92 Å². The SMILES string of the molecule is Cc1noc(CN2CCN(c3ccc4ncncc4c3)CC2)n1. The predicted molar refractivity (Wildman–Crippen MR) is 86.1 cm³/mol. The van der Waals surface area contributed by atoms with Gasteiger partial charge >= 0.3 is 0 Å². The summed E-state index contributed by atoms with van der Waals surface area (Å²) in [5, 5.41) is 4.92. The van der Waals surface area contributed by atoms with E-state index in [1.54, 1.807) is 6.33 Å². The molecular formula is C16H18N6O. The fourth-order valence-electron chi connectivity index (χ4n) is 2.93. The summed E-state index contributed by atoms with van der Waals surface area (Å²) in [4.78, 5) is 17.4. The lowest BCUT2D eigenvalue weighted by molar-refractivity contribution is 0.215. The lowest BCUT2D eigenvalue weighted by atomic mass is 10.2. The van der Waals surface area contributed by atoms with E-state index in [-0.39, 0.29) is 0 Å². The molecule has 0 spiro atoms. The Hall–Kier alpha value is -2.54. The number of aryl methyl sites for hydroxylation is 1. The molecule has 0 radical (unpaired) electrons. The van der Waals surface area contributed by atoms with Gasteiger partial charge in [-0.05, 0) is 25.1 Å². The van der Waals surface area contributed by atoms with Crippen molar-refractivity contribution in [2.24, 2.45) is 0 Å². The Bertz CT molecular complexity index is 809. The lowest BCUT2D eigenvalue weighted by Crippen LogP contribution is -2.46. The molecule has 4 rings (SSSR count). The zero-order chi connectivity index (χ0) is 15.6. The van der Waals surface area contributed by atoms with E-state index in [4.69, 9.17) is 4.52 Å². The van der Waals surface area contributed by atoms with Crippen molar-refractivity contribution in [2.75, 3.05) is 31.1 Å². The second-order valence-corrected chi connectivity index (χ2v) is 5.76. The monoisotopic (exact) mass is 310 g/mol. The van der Waals surface area contributed by atoms with Gasteiger partial charge in [-0.15, -0.1) is 0 Å². The third kappa shape index (κ3) is 3.00. The van der Waals surface area contributed by atoms with Crippen molar-refractivity contribution in [3.63, 3.8) is 0 Å². The van der Waals surface area contributed by atoms with E-state index in [1.807, 2.05) is 13.1 Å². The molecule has 2 aromatic heterocycles. The first-order valence-corrected chi connectivity index (χ1v) is 7.74. The van der Waals surface area contributed by atoms with Crippen molar-refractivity contribution < 1.29 is 4.52 Å². The molecule has 118 valence electrons. The largest absolute Gasteiger partial charge is 0.369 e. The van der Waals surface area contributed by atoms with Gasteiger partial charge in [-0.3, -0.25) is 4.90 Å². The summed E-state index contributed by atoms with van der Waals surface area (Å²) in [6.45, 7) is 6.47. The van der Waals surface area contributed by atoms with Crippen molar-refractivity contribution in [3.05, 3.63) is 42.4 Å². The molecule has 0 aliphatic carbocycles. The van der Waals surface area contributed by atoms with Gasteiger partial charge in [0, 0.05) is 43.4 Å². The highest BCUT2D eigenvalue weighted by Gasteiger charge is 2.19. The van der Waals surface area contributed by atoms with Crippen LogP contribution in [0.15, 0.2) is 35.2 Å². The van der Waals surface area contributed by atoms with Crippen LogP contribution < -0.4 is 4.90 Å². The number of hydrogen-bond acceptors (Lipinski definition) is 7. The Kier molecular flexibility index (Phi) is 3.63. The summed E-state index contributed by atoms with van der Waals surface area (Å²) in [5.41, 5.74) is 2.20. The summed E-state index contributed by atoms with van der Waals surface area (Å²) in [5.74, 6) is 1.39. The first kappa shape index (κ1) is 14.1. The summed E-state index contributed by atoms with van der Waals surface area (Å²) in [6.07, 6.45) is 3.44. The highest BCUT2D eigenvalue weighted by atomic mass is 16.5. The van der Waals surface area contributed by atoms with E-state index < -0.39 is 0 Å². The van der Waals surface area contributed by atoms with E-state index in [1.165, 1.54) is 5.69 Å². The topological polar surface area (TPSA) is 71.2 Å². The van der Waals surface area contributed by atoms with Gasteiger partial charge in [-0.25, -0.2) is 9.97 Å². The molecule has 23 heavy (non-hydrogen) atoms. The maximum Gasteiger partial charge on any atom is 0.240 e. The number of hydrogen-bond donors (Lipinski definition) is 0. The number of aromatic nitrogens is 4. The minimum Gasteiger partial charge on any atom is -0.369 e. The van der Waals surface area contributed by atoms with E-state index in [9.17, 15) is 0 Å². The van der Waals surface area contributed by atoms with Crippen LogP contribution in [-0.4, -0.2) is 51.2 Å². The van der Waals surface area contributed by atoms with Crippen LogP contribution in [-0.2, 0) is 6.54 Å². The van der Waals surface area contributed by atoms with Gasteiger partial charge in [0.1, 0.15) is 6.33 Å². The van der Waals surface area contributed by atoms with Crippen molar-refractivity contribution in [3.8, 4) is 0 Å². The Balaban J connectivity index is 1.42. The normalized spacial score (nSPS) is 16.1. The van der Waals surface area contributed by atoms with Gasteiger partial charge in [0.25, 0.3) is 0 Å². The van der Waals surface area contributed by atoms with Crippen LogP contribution in [0.2, 0.25) is 0 Å². The Morgan fingerprint density at radius 1 is 1.17 bits per heavy atom. The maximum atomic E-state index is 5.20. The van der Waals surface area contributed by atoms with Gasteiger partial charge in [-0.1, -0.05) is 5.16 Å². The molecule has 7 heteroatoms. The summed E-state index contributed by atoms with van der Waals surface area (Å²) >= 11 is 0. The molecule has 1 fully saturated rings. The molecule has 0 amide bonds. The average molecular weight is 310 g/mol. The van der Waals surface area contributed by atoms with Gasteiger partial charge in [0.15, 0.2) is 5.82 Å². The third-order valence-corrected chi connectivity index (χ3v) is 4.15. The van der Waals surface area contributed by atoms with Gasteiger partial charge in [0.05, 0.1) is 12.1 Å². The highest BCUT2D eigenvalue weighted by molar-refractivity contribution is 5.81. The van der Waals surface area contributed by atoms with Crippen LogP contribution in [0.25, 0.3) is 10.9 Å². The molecular weight excluding hydrogens is 292 g/mol. The number of nitrogens with zero attached hydrogens (tertiary/aromatic N) is 6. The van der Waals surface area contributed by atoms with Gasteiger partial charge < -0.3 is 9.42 Å². The molecule has 3 aromatic rings. The van der Waals surface area contributed by atoms with Gasteiger partial charge in [0.2, 0.25) is 5.89 Å². The molecule has 3 heterocycles. The van der Waals surface area contributed by atoms with Crippen molar-refractivity contribution in [2.45, 2.75) is 13.5 Å². The molecule has 0 unspecified atom stereocenters. The van der Waals surface area contributed by atoms with E-state index in [0.717, 1.165) is 43.6 Å². The summed E-state index contributed by atoms with van der Waals surface area (Å²) < 4.78 is 5.20. The predicted octanol–water partition coefficient (Wildman–Crippen LogP) is 1.64. The molecule has 0 atom stereocenters. The molecule has 1 saturated heterocycles. The zero-order valence-corrected chi connectivity index (χ0v) is 13.0. The summed E-state index contributed by atoms with van der Waals surface area (Å²) in [7, 11) is 0. The van der Waals surface area contributed by atoms with Crippen molar-refractivity contribution in [1.82, 2.24) is 25.0 Å². The lowest BCUT2D eigenvalue weighted by Gasteiger charge is -2.35.